The second-order valence-corrected chi connectivity index (χ2v) is 6.62. The van der Waals surface area contributed by atoms with Crippen LogP contribution in [-0.2, 0) is 11.3 Å². The number of aromatic nitrogens is 1. The molecule has 2 heterocycles. The molecule has 0 amide bonds. The number of morpholine rings is 1. The summed E-state index contributed by atoms with van der Waals surface area (Å²) < 4.78 is 5.40. The summed E-state index contributed by atoms with van der Waals surface area (Å²) in [6, 6.07) is 6.57. The predicted octanol–water partition coefficient (Wildman–Crippen LogP) is 2.05. The number of nitrogens with one attached hydrogen (secondary N) is 1. The van der Waals surface area contributed by atoms with Crippen molar-refractivity contribution < 1.29 is 4.74 Å². The van der Waals surface area contributed by atoms with Crippen LogP contribution in [0.2, 0.25) is 0 Å². The molecule has 0 atom stereocenters. The van der Waals surface area contributed by atoms with Crippen LogP contribution in [0, 0.1) is 0 Å². The van der Waals surface area contributed by atoms with Crippen molar-refractivity contribution in [2.24, 2.45) is 10.7 Å². The molecule has 1 saturated heterocycles. The number of anilines is 1. The molecule has 1 saturated carbocycles. The van der Waals surface area contributed by atoms with Gasteiger partial charge < -0.3 is 20.7 Å². The predicted molar refractivity (Wildman–Crippen MR) is 97.2 cm³/mol. The number of nitrogens with zero attached hydrogens (tertiary/aromatic N) is 3. The number of nitrogens with two attached hydrogens (primary N) is 1. The minimum Gasteiger partial charge on any atom is -0.378 e. The lowest BCUT2D eigenvalue weighted by molar-refractivity contribution is 0.122. The molecule has 1 aromatic rings. The van der Waals surface area contributed by atoms with Crippen molar-refractivity contribution >= 4 is 11.8 Å². The molecule has 6 heteroatoms. The van der Waals surface area contributed by atoms with Gasteiger partial charge in [0.25, 0.3) is 0 Å². The maximum Gasteiger partial charge on any atom is 0.189 e. The van der Waals surface area contributed by atoms with Crippen LogP contribution in [0.25, 0.3) is 0 Å². The van der Waals surface area contributed by atoms with E-state index in [1.54, 1.807) is 0 Å². The fourth-order valence-electron chi connectivity index (χ4n) is 3.37. The van der Waals surface area contributed by atoms with Crippen molar-refractivity contribution in [2.75, 3.05) is 31.2 Å². The summed E-state index contributed by atoms with van der Waals surface area (Å²) >= 11 is 0. The summed E-state index contributed by atoms with van der Waals surface area (Å²) in [6.45, 7) is 3.84. The second kappa shape index (κ2) is 8.87. The number of pyridine rings is 1. The molecule has 132 valence electrons. The Morgan fingerprint density at radius 2 is 1.96 bits per heavy atom. The Morgan fingerprint density at radius 3 is 2.71 bits per heavy atom. The van der Waals surface area contributed by atoms with Gasteiger partial charge in [-0.2, -0.15) is 0 Å². The van der Waals surface area contributed by atoms with Crippen LogP contribution in [0.3, 0.4) is 0 Å². The number of guanidine groups is 1. The largest absolute Gasteiger partial charge is 0.378 e. The van der Waals surface area contributed by atoms with E-state index in [0.717, 1.165) is 37.8 Å². The Hall–Kier alpha value is -1.82. The van der Waals surface area contributed by atoms with Crippen molar-refractivity contribution in [3.63, 3.8) is 0 Å². The van der Waals surface area contributed by atoms with E-state index in [9.17, 15) is 0 Å². The number of hydrogen-bond acceptors (Lipinski definition) is 4. The molecule has 0 radical (unpaired) electrons. The molecule has 2 aliphatic rings. The van der Waals surface area contributed by atoms with E-state index >= 15 is 0 Å². The van der Waals surface area contributed by atoms with E-state index in [2.05, 4.69) is 15.2 Å². The molecule has 0 bridgehead atoms. The average molecular weight is 331 g/mol. The van der Waals surface area contributed by atoms with Crippen LogP contribution < -0.4 is 16.0 Å². The fourth-order valence-corrected chi connectivity index (χ4v) is 3.37. The first-order valence-corrected chi connectivity index (χ1v) is 9.16. The van der Waals surface area contributed by atoms with Crippen LogP contribution in [0.15, 0.2) is 23.2 Å². The smallest absolute Gasteiger partial charge is 0.189 e. The van der Waals surface area contributed by atoms with Gasteiger partial charge in [0.1, 0.15) is 5.82 Å². The monoisotopic (exact) mass is 331 g/mol. The Labute approximate surface area is 144 Å². The molecular formula is C18H29N5O. The maximum absolute atomic E-state index is 6.07. The molecular weight excluding hydrogens is 302 g/mol. The molecule has 1 aromatic heterocycles. The van der Waals surface area contributed by atoms with Gasteiger partial charge in [-0.3, -0.25) is 0 Å². The number of ether oxygens (including phenoxy) is 1. The van der Waals surface area contributed by atoms with Crippen LogP contribution >= 0.6 is 0 Å². The van der Waals surface area contributed by atoms with Gasteiger partial charge in [-0.05, 0) is 25.0 Å². The molecule has 1 aliphatic carbocycles. The first-order valence-electron chi connectivity index (χ1n) is 9.16. The van der Waals surface area contributed by atoms with Gasteiger partial charge in [0.2, 0.25) is 0 Å². The Kier molecular flexibility index (Phi) is 6.29. The normalized spacial score (nSPS) is 20.7. The second-order valence-electron chi connectivity index (χ2n) is 6.62. The molecule has 3 N–H and O–H groups in total. The first-order chi connectivity index (χ1) is 11.8. The summed E-state index contributed by atoms with van der Waals surface area (Å²) in [4.78, 5) is 11.4. The average Bonchev–Trinajstić information content (AvgIpc) is 2.90. The fraction of sp³-hybridized carbons (Fsp3) is 0.667. The molecule has 3 rings (SSSR count). The quantitative estimate of drug-likeness (QED) is 0.502. The van der Waals surface area contributed by atoms with Crippen molar-refractivity contribution in [3.05, 3.63) is 23.9 Å². The lowest BCUT2D eigenvalue weighted by Gasteiger charge is -2.27. The van der Waals surface area contributed by atoms with Crippen molar-refractivity contribution in [3.8, 4) is 0 Å². The van der Waals surface area contributed by atoms with E-state index < -0.39 is 0 Å². The number of aliphatic imine (C=N–C) groups is 1. The lowest BCUT2D eigenvalue weighted by Crippen LogP contribution is -2.39. The summed E-state index contributed by atoms with van der Waals surface area (Å²) in [6.07, 6.45) is 7.64. The zero-order valence-electron chi connectivity index (χ0n) is 14.4. The van der Waals surface area contributed by atoms with Gasteiger partial charge in [-0.25, -0.2) is 9.98 Å². The third-order valence-corrected chi connectivity index (χ3v) is 4.75. The summed E-state index contributed by atoms with van der Waals surface area (Å²) in [5.74, 6) is 1.54. The summed E-state index contributed by atoms with van der Waals surface area (Å²) in [5.41, 5.74) is 7.02. The van der Waals surface area contributed by atoms with Gasteiger partial charge in [0.05, 0.1) is 25.5 Å². The topological polar surface area (TPSA) is 75.8 Å². The van der Waals surface area contributed by atoms with E-state index in [-0.39, 0.29) is 0 Å². The van der Waals surface area contributed by atoms with E-state index in [1.165, 1.54) is 38.5 Å². The van der Waals surface area contributed by atoms with E-state index in [0.29, 0.717) is 18.5 Å². The number of rotatable bonds is 4. The van der Waals surface area contributed by atoms with Gasteiger partial charge in [0, 0.05) is 19.1 Å². The highest BCUT2D eigenvalue weighted by molar-refractivity contribution is 5.78. The van der Waals surface area contributed by atoms with Gasteiger partial charge in [-0.1, -0.05) is 31.7 Å². The third kappa shape index (κ3) is 5.09. The summed E-state index contributed by atoms with van der Waals surface area (Å²) in [5, 5.41) is 3.38. The number of hydrogen-bond donors (Lipinski definition) is 2. The molecule has 0 unspecified atom stereocenters. The minimum atomic E-state index is 0.476. The zero-order valence-corrected chi connectivity index (χ0v) is 14.4. The first kappa shape index (κ1) is 17.0. The SMILES string of the molecule is NC(=NCc1cccc(N2CCOCC2)n1)NC1CCCCCC1. The van der Waals surface area contributed by atoms with Gasteiger partial charge >= 0.3 is 0 Å². The Morgan fingerprint density at radius 1 is 1.21 bits per heavy atom. The highest BCUT2D eigenvalue weighted by Crippen LogP contribution is 2.17. The summed E-state index contributed by atoms with van der Waals surface area (Å²) in [7, 11) is 0. The van der Waals surface area contributed by atoms with Crippen molar-refractivity contribution in [2.45, 2.75) is 51.1 Å². The molecule has 2 fully saturated rings. The van der Waals surface area contributed by atoms with Crippen LogP contribution in [0.5, 0.6) is 0 Å². The van der Waals surface area contributed by atoms with Crippen LogP contribution in [0.4, 0.5) is 5.82 Å². The standard InChI is InChI=1S/C18H29N5O/c19-18(22-15-6-3-1-2-4-7-15)20-14-16-8-5-9-17(21-16)23-10-12-24-13-11-23/h5,8-9,15H,1-4,6-7,10-14H2,(H3,19,20,22). The lowest BCUT2D eigenvalue weighted by atomic mass is 10.1. The van der Waals surface area contributed by atoms with Gasteiger partial charge in [0.15, 0.2) is 5.96 Å². The Bertz CT molecular complexity index is 534. The molecule has 0 aromatic carbocycles. The molecule has 24 heavy (non-hydrogen) atoms. The highest BCUT2D eigenvalue weighted by atomic mass is 16.5. The third-order valence-electron chi connectivity index (χ3n) is 4.75. The molecule has 0 spiro atoms. The van der Waals surface area contributed by atoms with Crippen LogP contribution in [-0.4, -0.2) is 43.3 Å². The molecule has 1 aliphatic heterocycles. The highest BCUT2D eigenvalue weighted by Gasteiger charge is 2.13. The van der Waals surface area contributed by atoms with E-state index in [1.807, 2.05) is 18.2 Å². The van der Waals surface area contributed by atoms with Gasteiger partial charge in [-0.15, -0.1) is 0 Å². The van der Waals surface area contributed by atoms with E-state index in [4.69, 9.17) is 15.5 Å². The van der Waals surface area contributed by atoms with Crippen LogP contribution in [0.1, 0.15) is 44.2 Å². The van der Waals surface area contributed by atoms with Crippen molar-refractivity contribution in [1.82, 2.24) is 10.3 Å². The van der Waals surface area contributed by atoms with Crippen molar-refractivity contribution in [1.29, 1.82) is 0 Å². The Balaban J connectivity index is 1.54. The zero-order chi connectivity index (χ0) is 16.6. The molecule has 6 nitrogen and oxygen atoms in total. The maximum atomic E-state index is 6.07. The minimum absolute atomic E-state index is 0.476.